The first-order valence-electron chi connectivity index (χ1n) is 5.14. The number of benzene rings is 1. The molecule has 1 atom stereocenters. The van der Waals surface area contributed by atoms with Crippen LogP contribution in [0, 0.1) is 0 Å². The minimum atomic E-state index is -0.291. The summed E-state index contributed by atoms with van der Waals surface area (Å²) in [6, 6.07) is 6.01. The van der Waals surface area contributed by atoms with Crippen molar-refractivity contribution in [3.63, 3.8) is 0 Å². The third-order valence-corrected chi connectivity index (χ3v) is 2.54. The van der Waals surface area contributed by atoms with Gasteiger partial charge in [-0.15, -0.1) is 0 Å². The van der Waals surface area contributed by atoms with E-state index >= 15 is 0 Å². The topological polar surface area (TPSA) is 29.5 Å². The van der Waals surface area contributed by atoms with Gasteiger partial charge in [0.1, 0.15) is 5.75 Å². The molecule has 14 heavy (non-hydrogen) atoms. The molecule has 2 heteroatoms. The lowest BCUT2D eigenvalue weighted by Gasteiger charge is -2.11. The molecule has 2 rings (SSSR count). The van der Waals surface area contributed by atoms with E-state index in [0.29, 0.717) is 0 Å². The van der Waals surface area contributed by atoms with Crippen LogP contribution in [0.2, 0.25) is 0 Å². The number of fused-ring (bicyclic) bond motifs is 1. The van der Waals surface area contributed by atoms with Gasteiger partial charge in [0.25, 0.3) is 0 Å². The molecule has 1 N–H and O–H groups in total. The summed E-state index contributed by atoms with van der Waals surface area (Å²) >= 11 is 0. The average Bonchev–Trinajstić information content (AvgIpc) is 2.47. The van der Waals surface area contributed by atoms with E-state index in [0.717, 1.165) is 24.2 Å². The molecular formula is C12H16O2. The van der Waals surface area contributed by atoms with Crippen molar-refractivity contribution in [2.75, 3.05) is 0 Å². The number of rotatable bonds is 2. The van der Waals surface area contributed by atoms with Crippen molar-refractivity contribution in [3.05, 3.63) is 29.3 Å². The maximum Gasteiger partial charge on any atom is 0.120 e. The predicted octanol–water partition coefficient (Wildman–Crippen LogP) is 2.45. The van der Waals surface area contributed by atoms with Gasteiger partial charge in [-0.05, 0) is 49.9 Å². The minimum Gasteiger partial charge on any atom is -0.491 e. The van der Waals surface area contributed by atoms with E-state index in [1.165, 1.54) is 5.56 Å². The number of aliphatic hydroxyl groups is 1. The first-order chi connectivity index (χ1) is 6.66. The summed E-state index contributed by atoms with van der Waals surface area (Å²) in [6.45, 7) is 4.01. The normalized spacial score (nSPS) is 19.9. The lowest BCUT2D eigenvalue weighted by molar-refractivity contribution is 0.179. The Balaban J connectivity index is 2.26. The maximum absolute atomic E-state index is 9.68. The van der Waals surface area contributed by atoms with Gasteiger partial charge in [0.15, 0.2) is 0 Å². The van der Waals surface area contributed by atoms with Crippen LogP contribution in [0.4, 0.5) is 0 Å². The van der Waals surface area contributed by atoms with E-state index in [9.17, 15) is 5.11 Å². The molecular weight excluding hydrogens is 176 g/mol. The molecule has 1 aromatic carbocycles. The van der Waals surface area contributed by atoms with Crippen molar-refractivity contribution in [2.24, 2.45) is 0 Å². The van der Waals surface area contributed by atoms with Gasteiger partial charge in [-0.1, -0.05) is 6.07 Å². The molecule has 0 aliphatic heterocycles. The minimum absolute atomic E-state index is 0.187. The summed E-state index contributed by atoms with van der Waals surface area (Å²) in [5, 5.41) is 9.68. The van der Waals surface area contributed by atoms with Gasteiger partial charge < -0.3 is 9.84 Å². The fourth-order valence-corrected chi connectivity index (χ4v) is 1.90. The smallest absolute Gasteiger partial charge is 0.120 e. The average molecular weight is 192 g/mol. The zero-order valence-corrected chi connectivity index (χ0v) is 8.66. The second kappa shape index (κ2) is 3.62. The summed E-state index contributed by atoms with van der Waals surface area (Å²) in [4.78, 5) is 0. The number of aryl methyl sites for hydroxylation is 1. The van der Waals surface area contributed by atoms with Crippen LogP contribution in [0.5, 0.6) is 5.75 Å². The molecule has 1 aromatic rings. The van der Waals surface area contributed by atoms with E-state index in [1.54, 1.807) is 0 Å². The third kappa shape index (κ3) is 1.75. The Morgan fingerprint density at radius 3 is 2.93 bits per heavy atom. The monoisotopic (exact) mass is 192 g/mol. The van der Waals surface area contributed by atoms with Crippen molar-refractivity contribution in [1.82, 2.24) is 0 Å². The Bertz CT molecular complexity index is 331. The fourth-order valence-electron chi connectivity index (χ4n) is 1.90. The van der Waals surface area contributed by atoms with Gasteiger partial charge in [0.05, 0.1) is 12.2 Å². The van der Waals surface area contributed by atoms with Crippen LogP contribution in [0.15, 0.2) is 18.2 Å². The van der Waals surface area contributed by atoms with Crippen LogP contribution < -0.4 is 4.74 Å². The molecule has 0 bridgehead atoms. The van der Waals surface area contributed by atoms with E-state index in [4.69, 9.17) is 4.74 Å². The molecule has 0 aromatic heterocycles. The van der Waals surface area contributed by atoms with Crippen LogP contribution in [-0.4, -0.2) is 11.2 Å². The number of aliphatic hydroxyl groups excluding tert-OH is 1. The standard InChI is InChI=1S/C12H16O2/c1-8(2)14-10-5-3-9-4-6-12(13)11(9)7-10/h3,5,7-8,12-13H,4,6H2,1-2H3. The van der Waals surface area contributed by atoms with Crippen molar-refractivity contribution in [1.29, 1.82) is 0 Å². The number of ether oxygens (including phenoxy) is 1. The highest BCUT2D eigenvalue weighted by Gasteiger charge is 2.20. The molecule has 0 fully saturated rings. The molecule has 0 amide bonds. The van der Waals surface area contributed by atoms with Crippen molar-refractivity contribution in [2.45, 2.75) is 38.9 Å². The molecule has 0 heterocycles. The Morgan fingerprint density at radius 1 is 1.43 bits per heavy atom. The highest BCUT2D eigenvalue weighted by molar-refractivity contribution is 5.39. The lowest BCUT2D eigenvalue weighted by Crippen LogP contribution is -2.06. The molecule has 76 valence electrons. The van der Waals surface area contributed by atoms with Gasteiger partial charge in [0.2, 0.25) is 0 Å². The molecule has 0 spiro atoms. The SMILES string of the molecule is CC(C)Oc1ccc2c(c1)C(O)CC2. The van der Waals surface area contributed by atoms with Crippen LogP contribution in [0.1, 0.15) is 37.5 Å². The Labute approximate surface area is 84.5 Å². The zero-order valence-electron chi connectivity index (χ0n) is 8.66. The number of hydrogen-bond donors (Lipinski definition) is 1. The highest BCUT2D eigenvalue weighted by Crippen LogP contribution is 2.33. The molecule has 0 saturated carbocycles. The van der Waals surface area contributed by atoms with E-state index in [-0.39, 0.29) is 12.2 Å². The quantitative estimate of drug-likeness (QED) is 0.780. The Kier molecular flexibility index (Phi) is 2.46. The third-order valence-electron chi connectivity index (χ3n) is 2.54. The molecule has 1 aliphatic rings. The van der Waals surface area contributed by atoms with E-state index in [1.807, 2.05) is 26.0 Å². The maximum atomic E-state index is 9.68. The second-order valence-electron chi connectivity index (χ2n) is 4.08. The van der Waals surface area contributed by atoms with Gasteiger partial charge in [-0.3, -0.25) is 0 Å². The van der Waals surface area contributed by atoms with Crippen LogP contribution in [0.25, 0.3) is 0 Å². The summed E-state index contributed by atoms with van der Waals surface area (Å²) in [7, 11) is 0. The van der Waals surface area contributed by atoms with Crippen LogP contribution in [-0.2, 0) is 6.42 Å². The first-order valence-corrected chi connectivity index (χ1v) is 5.14. The van der Waals surface area contributed by atoms with Gasteiger partial charge in [-0.25, -0.2) is 0 Å². The largest absolute Gasteiger partial charge is 0.491 e. The molecule has 0 radical (unpaired) electrons. The summed E-state index contributed by atoms with van der Waals surface area (Å²) in [6.07, 6.45) is 1.73. The lowest BCUT2D eigenvalue weighted by atomic mass is 10.1. The summed E-state index contributed by atoms with van der Waals surface area (Å²) in [5.41, 5.74) is 2.30. The fraction of sp³-hybridized carbons (Fsp3) is 0.500. The summed E-state index contributed by atoms with van der Waals surface area (Å²) < 4.78 is 5.58. The molecule has 1 aliphatic carbocycles. The predicted molar refractivity (Wildman–Crippen MR) is 55.5 cm³/mol. The number of hydrogen-bond acceptors (Lipinski definition) is 2. The summed E-state index contributed by atoms with van der Waals surface area (Å²) in [5.74, 6) is 0.861. The van der Waals surface area contributed by atoms with Crippen LogP contribution >= 0.6 is 0 Å². The van der Waals surface area contributed by atoms with Gasteiger partial charge >= 0.3 is 0 Å². The second-order valence-corrected chi connectivity index (χ2v) is 4.08. The Hall–Kier alpha value is -1.02. The van der Waals surface area contributed by atoms with E-state index < -0.39 is 0 Å². The van der Waals surface area contributed by atoms with Crippen molar-refractivity contribution >= 4 is 0 Å². The van der Waals surface area contributed by atoms with Crippen molar-refractivity contribution in [3.8, 4) is 5.75 Å². The van der Waals surface area contributed by atoms with E-state index in [2.05, 4.69) is 6.07 Å². The Morgan fingerprint density at radius 2 is 2.21 bits per heavy atom. The first kappa shape index (κ1) is 9.53. The zero-order chi connectivity index (χ0) is 10.1. The van der Waals surface area contributed by atoms with Gasteiger partial charge in [-0.2, -0.15) is 0 Å². The highest BCUT2D eigenvalue weighted by atomic mass is 16.5. The molecule has 0 saturated heterocycles. The molecule has 2 nitrogen and oxygen atoms in total. The van der Waals surface area contributed by atoms with Crippen molar-refractivity contribution < 1.29 is 9.84 Å². The molecule has 1 unspecified atom stereocenters. The van der Waals surface area contributed by atoms with Crippen LogP contribution in [0.3, 0.4) is 0 Å². The van der Waals surface area contributed by atoms with Gasteiger partial charge in [0, 0.05) is 0 Å².